The van der Waals surface area contributed by atoms with E-state index in [0.29, 0.717) is 13.1 Å². The maximum Gasteiger partial charge on any atom is 0.225 e. The molecule has 0 aromatic rings. The second-order valence-corrected chi connectivity index (χ2v) is 7.18. The van der Waals surface area contributed by atoms with Gasteiger partial charge in [-0.3, -0.25) is 9.79 Å². The number of amides is 1. The zero-order valence-electron chi connectivity index (χ0n) is 15.9. The number of aliphatic imine (C=N–C) groups is 1. The number of ether oxygens (including phenoxy) is 1. The van der Waals surface area contributed by atoms with Crippen molar-refractivity contribution in [2.75, 3.05) is 46.4 Å². The van der Waals surface area contributed by atoms with Crippen molar-refractivity contribution < 1.29 is 9.53 Å². The van der Waals surface area contributed by atoms with Crippen molar-refractivity contribution in [2.24, 2.45) is 16.3 Å². The number of carbonyl (C=O) groups excluding carboxylic acids is 1. The SMILES string of the molecule is CCNC(=NCCNC(=O)C(C)(C)C)N(C)CCOCC1CC1.I. The molecule has 1 fully saturated rings. The summed E-state index contributed by atoms with van der Waals surface area (Å²) < 4.78 is 5.67. The molecule has 1 saturated carbocycles. The van der Waals surface area contributed by atoms with Crippen molar-refractivity contribution in [1.82, 2.24) is 15.5 Å². The molecule has 0 aromatic heterocycles. The molecule has 0 unspecified atom stereocenters. The lowest BCUT2D eigenvalue weighted by Gasteiger charge is -2.22. The Morgan fingerprint density at radius 3 is 2.50 bits per heavy atom. The fourth-order valence-electron chi connectivity index (χ4n) is 1.91. The predicted molar refractivity (Wildman–Crippen MR) is 110 cm³/mol. The smallest absolute Gasteiger partial charge is 0.225 e. The van der Waals surface area contributed by atoms with Gasteiger partial charge in [0.25, 0.3) is 0 Å². The minimum Gasteiger partial charge on any atom is -0.379 e. The number of carbonyl (C=O) groups is 1. The van der Waals surface area contributed by atoms with Crippen molar-refractivity contribution >= 4 is 35.8 Å². The number of hydrogen-bond acceptors (Lipinski definition) is 3. The van der Waals surface area contributed by atoms with Crippen LogP contribution in [0.15, 0.2) is 4.99 Å². The largest absolute Gasteiger partial charge is 0.379 e. The molecule has 6 nitrogen and oxygen atoms in total. The van der Waals surface area contributed by atoms with Gasteiger partial charge in [-0.2, -0.15) is 0 Å². The maximum absolute atomic E-state index is 11.8. The van der Waals surface area contributed by atoms with Gasteiger partial charge in [-0.1, -0.05) is 20.8 Å². The molecule has 7 heteroatoms. The van der Waals surface area contributed by atoms with Gasteiger partial charge < -0.3 is 20.3 Å². The van der Waals surface area contributed by atoms with E-state index in [1.165, 1.54) is 12.8 Å². The Labute approximate surface area is 164 Å². The summed E-state index contributed by atoms with van der Waals surface area (Å²) in [6, 6.07) is 0. The van der Waals surface area contributed by atoms with E-state index in [1.54, 1.807) is 0 Å². The van der Waals surface area contributed by atoms with Gasteiger partial charge in [0.05, 0.1) is 13.2 Å². The number of likely N-dealkylation sites (N-methyl/N-ethyl adjacent to an activating group) is 1. The van der Waals surface area contributed by atoms with Crippen LogP contribution in [-0.4, -0.2) is 63.2 Å². The second kappa shape index (κ2) is 11.9. The highest BCUT2D eigenvalue weighted by Crippen LogP contribution is 2.28. The van der Waals surface area contributed by atoms with E-state index in [1.807, 2.05) is 34.7 Å². The molecular formula is C17H35IN4O2. The van der Waals surface area contributed by atoms with Crippen molar-refractivity contribution in [1.29, 1.82) is 0 Å². The minimum atomic E-state index is -0.357. The van der Waals surface area contributed by atoms with Crippen LogP contribution < -0.4 is 10.6 Å². The van der Waals surface area contributed by atoms with E-state index in [4.69, 9.17) is 4.74 Å². The van der Waals surface area contributed by atoms with Gasteiger partial charge >= 0.3 is 0 Å². The first-order chi connectivity index (χ1) is 10.8. The molecule has 0 aromatic carbocycles. The summed E-state index contributed by atoms with van der Waals surface area (Å²) >= 11 is 0. The van der Waals surface area contributed by atoms with E-state index in [2.05, 4.69) is 20.5 Å². The van der Waals surface area contributed by atoms with E-state index in [9.17, 15) is 4.79 Å². The Morgan fingerprint density at radius 1 is 1.29 bits per heavy atom. The zero-order chi connectivity index (χ0) is 17.3. The highest BCUT2D eigenvalue weighted by atomic mass is 127. The molecule has 1 rings (SSSR count). The Morgan fingerprint density at radius 2 is 1.96 bits per heavy atom. The van der Waals surface area contributed by atoms with Crippen molar-refractivity contribution in [3.05, 3.63) is 0 Å². The van der Waals surface area contributed by atoms with Crippen LogP contribution in [0.3, 0.4) is 0 Å². The number of halogens is 1. The van der Waals surface area contributed by atoms with Gasteiger partial charge in [-0.25, -0.2) is 0 Å². The molecule has 142 valence electrons. The molecule has 0 radical (unpaired) electrons. The summed E-state index contributed by atoms with van der Waals surface area (Å²) in [4.78, 5) is 18.4. The third kappa shape index (κ3) is 10.3. The molecule has 1 amide bonds. The van der Waals surface area contributed by atoms with E-state index in [-0.39, 0.29) is 35.3 Å². The van der Waals surface area contributed by atoms with Crippen molar-refractivity contribution in [3.63, 3.8) is 0 Å². The highest BCUT2D eigenvalue weighted by Gasteiger charge is 2.21. The molecule has 1 aliphatic rings. The van der Waals surface area contributed by atoms with Crippen molar-refractivity contribution in [2.45, 2.75) is 40.5 Å². The summed E-state index contributed by atoms with van der Waals surface area (Å²) in [6.07, 6.45) is 2.64. The van der Waals surface area contributed by atoms with Gasteiger partial charge in [0.2, 0.25) is 5.91 Å². The average molecular weight is 454 g/mol. The lowest BCUT2D eigenvalue weighted by molar-refractivity contribution is -0.128. The number of nitrogens with zero attached hydrogens (tertiary/aromatic N) is 2. The van der Waals surface area contributed by atoms with Crippen LogP contribution in [0, 0.1) is 11.3 Å². The standard InChI is InChI=1S/C17H34N4O2.HI/c1-6-18-16(20-10-9-19-15(22)17(2,3)4)21(5)11-12-23-13-14-7-8-14;/h14H,6-13H2,1-5H3,(H,18,20)(H,19,22);1H. The summed E-state index contributed by atoms with van der Waals surface area (Å²) in [5.74, 6) is 1.71. The van der Waals surface area contributed by atoms with Crippen LogP contribution in [0.4, 0.5) is 0 Å². The lowest BCUT2D eigenvalue weighted by Crippen LogP contribution is -2.41. The molecular weight excluding hydrogens is 419 g/mol. The predicted octanol–water partition coefficient (Wildman–Crippen LogP) is 2.09. The summed E-state index contributed by atoms with van der Waals surface area (Å²) in [5, 5.41) is 6.18. The first-order valence-electron chi connectivity index (χ1n) is 8.70. The monoisotopic (exact) mass is 454 g/mol. The molecule has 0 spiro atoms. The Balaban J connectivity index is 0.00000529. The van der Waals surface area contributed by atoms with E-state index < -0.39 is 0 Å². The first-order valence-corrected chi connectivity index (χ1v) is 8.70. The van der Waals surface area contributed by atoms with Gasteiger partial charge in [0, 0.05) is 38.7 Å². The number of nitrogens with one attached hydrogen (secondary N) is 2. The zero-order valence-corrected chi connectivity index (χ0v) is 18.2. The van der Waals surface area contributed by atoms with Crippen LogP contribution in [0.25, 0.3) is 0 Å². The molecule has 0 bridgehead atoms. The quantitative estimate of drug-likeness (QED) is 0.242. The third-order valence-electron chi connectivity index (χ3n) is 3.66. The van der Waals surface area contributed by atoms with Gasteiger partial charge in [0.15, 0.2) is 5.96 Å². The van der Waals surface area contributed by atoms with Crippen LogP contribution in [-0.2, 0) is 9.53 Å². The van der Waals surface area contributed by atoms with Gasteiger partial charge in [0.1, 0.15) is 0 Å². The molecule has 0 heterocycles. The average Bonchev–Trinajstić information content (AvgIpc) is 3.29. The number of guanidine groups is 1. The fraction of sp³-hybridized carbons (Fsp3) is 0.882. The Bertz CT molecular complexity index is 393. The third-order valence-corrected chi connectivity index (χ3v) is 3.66. The van der Waals surface area contributed by atoms with Crippen LogP contribution in [0.5, 0.6) is 0 Å². The normalized spacial score (nSPS) is 14.8. The minimum absolute atomic E-state index is 0. The Hall–Kier alpha value is -0.570. The van der Waals surface area contributed by atoms with Crippen LogP contribution in [0.1, 0.15) is 40.5 Å². The highest BCUT2D eigenvalue weighted by molar-refractivity contribution is 14.0. The van der Waals surface area contributed by atoms with E-state index >= 15 is 0 Å². The summed E-state index contributed by atoms with van der Waals surface area (Å²) in [5.41, 5.74) is -0.357. The topological polar surface area (TPSA) is 66.0 Å². The lowest BCUT2D eigenvalue weighted by atomic mass is 9.96. The number of hydrogen-bond donors (Lipinski definition) is 2. The second-order valence-electron chi connectivity index (χ2n) is 7.18. The maximum atomic E-state index is 11.8. The molecule has 0 atom stereocenters. The van der Waals surface area contributed by atoms with Crippen LogP contribution >= 0.6 is 24.0 Å². The van der Waals surface area contributed by atoms with Gasteiger partial charge in [-0.15, -0.1) is 24.0 Å². The number of rotatable bonds is 9. The van der Waals surface area contributed by atoms with Crippen molar-refractivity contribution in [3.8, 4) is 0 Å². The molecule has 0 aliphatic heterocycles. The first kappa shape index (κ1) is 23.4. The molecule has 24 heavy (non-hydrogen) atoms. The van der Waals surface area contributed by atoms with Crippen LogP contribution in [0.2, 0.25) is 0 Å². The van der Waals surface area contributed by atoms with E-state index in [0.717, 1.165) is 38.2 Å². The summed E-state index contributed by atoms with van der Waals surface area (Å²) in [7, 11) is 2.01. The van der Waals surface area contributed by atoms with Gasteiger partial charge in [-0.05, 0) is 25.7 Å². The molecule has 1 aliphatic carbocycles. The fourth-order valence-corrected chi connectivity index (χ4v) is 1.91. The molecule has 2 N–H and O–H groups in total. The molecule has 0 saturated heterocycles. The summed E-state index contributed by atoms with van der Waals surface area (Å²) in [6.45, 7) is 12.1. The Kier molecular flexibility index (Phi) is 11.6.